The first-order chi connectivity index (χ1) is 12.5. The molecule has 2 aromatic rings. The van der Waals surface area contributed by atoms with Crippen LogP contribution in [0.3, 0.4) is 0 Å². The van der Waals surface area contributed by atoms with E-state index >= 15 is 0 Å². The first kappa shape index (κ1) is 20.6. The molecule has 6 nitrogen and oxygen atoms in total. The first-order valence-electron chi connectivity index (χ1n) is 8.44. The van der Waals surface area contributed by atoms with Crippen LogP contribution in [0.15, 0.2) is 22.4 Å². The van der Waals surface area contributed by atoms with E-state index in [1.54, 1.807) is 0 Å². The van der Waals surface area contributed by atoms with Crippen LogP contribution in [0, 0.1) is 20.8 Å². The first-order valence-corrected chi connectivity index (χ1v) is 10.9. The zero-order valence-electron chi connectivity index (χ0n) is 16.0. The second-order valence-electron chi connectivity index (χ2n) is 6.02. The Hall–Kier alpha value is -1.67. The molecule has 1 aromatic heterocycles. The number of aromatic nitrogens is 3. The number of amides is 1. The molecule has 26 heavy (non-hydrogen) atoms. The summed E-state index contributed by atoms with van der Waals surface area (Å²) < 4.78 is 7.31. The standard InChI is InChI=1S/C18H26N4O2S2/c1-12-10-13(2)15(14(3)11-12)6-9-24-18(23)19-7-8-22-16(25-4)20-21-17(22)26-5/h10-11H,6-9H2,1-5H3,(H,19,23). The van der Waals surface area contributed by atoms with Gasteiger partial charge in [-0.1, -0.05) is 41.2 Å². The van der Waals surface area contributed by atoms with Gasteiger partial charge in [0.1, 0.15) is 0 Å². The van der Waals surface area contributed by atoms with Crippen molar-refractivity contribution in [2.24, 2.45) is 0 Å². The monoisotopic (exact) mass is 394 g/mol. The van der Waals surface area contributed by atoms with Crippen molar-refractivity contribution in [3.05, 3.63) is 34.4 Å². The minimum absolute atomic E-state index is 0.370. The van der Waals surface area contributed by atoms with E-state index in [4.69, 9.17) is 4.74 Å². The summed E-state index contributed by atoms with van der Waals surface area (Å²) >= 11 is 3.08. The van der Waals surface area contributed by atoms with Gasteiger partial charge in [-0.25, -0.2) is 4.79 Å². The summed E-state index contributed by atoms with van der Waals surface area (Å²) in [5.74, 6) is 0. The lowest BCUT2D eigenvalue weighted by molar-refractivity contribution is 0.147. The molecular formula is C18H26N4O2S2. The highest BCUT2D eigenvalue weighted by Gasteiger charge is 2.11. The van der Waals surface area contributed by atoms with Crippen LogP contribution >= 0.6 is 23.5 Å². The summed E-state index contributed by atoms with van der Waals surface area (Å²) in [6.07, 6.45) is 4.25. The molecule has 8 heteroatoms. The van der Waals surface area contributed by atoms with E-state index in [1.165, 1.54) is 45.8 Å². The van der Waals surface area contributed by atoms with Crippen molar-refractivity contribution in [2.75, 3.05) is 25.7 Å². The lowest BCUT2D eigenvalue weighted by Crippen LogP contribution is -2.28. The Kier molecular flexibility index (Phi) is 7.84. The van der Waals surface area contributed by atoms with Crippen LogP contribution in [0.2, 0.25) is 0 Å². The number of ether oxygens (including phenoxy) is 1. The summed E-state index contributed by atoms with van der Waals surface area (Å²) in [5.41, 5.74) is 4.99. The second-order valence-corrected chi connectivity index (χ2v) is 7.56. The summed E-state index contributed by atoms with van der Waals surface area (Å²) in [7, 11) is 0. The van der Waals surface area contributed by atoms with E-state index in [1.807, 2.05) is 17.1 Å². The van der Waals surface area contributed by atoms with Crippen molar-refractivity contribution in [3.8, 4) is 0 Å². The van der Waals surface area contributed by atoms with Crippen molar-refractivity contribution in [1.82, 2.24) is 20.1 Å². The van der Waals surface area contributed by atoms with Crippen LogP contribution in [0.4, 0.5) is 4.79 Å². The summed E-state index contributed by atoms with van der Waals surface area (Å²) in [6, 6.07) is 4.32. The number of thioether (sulfide) groups is 2. The third-order valence-electron chi connectivity index (χ3n) is 4.08. The molecule has 1 amide bonds. The quantitative estimate of drug-likeness (QED) is 0.690. The SMILES string of the molecule is CSc1nnc(SC)n1CCNC(=O)OCCc1c(C)cc(C)cc1C. The highest BCUT2D eigenvalue weighted by Crippen LogP contribution is 2.19. The van der Waals surface area contributed by atoms with Crippen LogP contribution < -0.4 is 5.32 Å². The molecule has 0 bridgehead atoms. The summed E-state index contributed by atoms with van der Waals surface area (Å²) in [5, 5.41) is 12.7. The Morgan fingerprint density at radius 1 is 1.12 bits per heavy atom. The molecule has 0 aliphatic heterocycles. The molecule has 0 spiro atoms. The van der Waals surface area contributed by atoms with Crippen LogP contribution in [0.25, 0.3) is 0 Å². The van der Waals surface area contributed by atoms with Gasteiger partial charge >= 0.3 is 6.09 Å². The Labute approximate surface area is 163 Å². The van der Waals surface area contributed by atoms with Crippen LogP contribution in [-0.2, 0) is 17.7 Å². The molecule has 0 radical (unpaired) electrons. The number of benzene rings is 1. The van der Waals surface area contributed by atoms with E-state index in [0.717, 1.165) is 16.7 Å². The maximum absolute atomic E-state index is 11.9. The molecule has 0 saturated carbocycles. The van der Waals surface area contributed by atoms with Gasteiger partial charge in [0.15, 0.2) is 10.3 Å². The predicted octanol–water partition coefficient (Wildman–Crippen LogP) is 3.62. The number of nitrogens with one attached hydrogen (secondary N) is 1. The highest BCUT2D eigenvalue weighted by molar-refractivity contribution is 7.99. The van der Waals surface area contributed by atoms with Gasteiger partial charge in [0.2, 0.25) is 0 Å². The van der Waals surface area contributed by atoms with Crippen LogP contribution in [0.5, 0.6) is 0 Å². The number of aryl methyl sites for hydroxylation is 3. The van der Waals surface area contributed by atoms with Gasteiger partial charge in [-0.3, -0.25) is 4.57 Å². The number of carbonyl (C=O) groups is 1. The normalized spacial score (nSPS) is 10.8. The smallest absolute Gasteiger partial charge is 0.407 e. The molecule has 0 unspecified atom stereocenters. The van der Waals surface area contributed by atoms with E-state index in [9.17, 15) is 4.79 Å². The van der Waals surface area contributed by atoms with Crippen molar-refractivity contribution in [3.63, 3.8) is 0 Å². The number of alkyl carbamates (subject to hydrolysis) is 1. The number of hydrogen-bond acceptors (Lipinski definition) is 6. The molecule has 0 aliphatic rings. The molecule has 1 aromatic carbocycles. The zero-order chi connectivity index (χ0) is 19.1. The lowest BCUT2D eigenvalue weighted by atomic mass is 9.98. The molecule has 142 valence electrons. The Balaban J connectivity index is 1.77. The van der Waals surface area contributed by atoms with E-state index in [-0.39, 0.29) is 0 Å². The highest BCUT2D eigenvalue weighted by atomic mass is 32.2. The minimum Gasteiger partial charge on any atom is -0.449 e. The van der Waals surface area contributed by atoms with E-state index in [0.29, 0.717) is 19.7 Å². The molecule has 2 rings (SSSR count). The molecule has 0 saturated heterocycles. The van der Waals surface area contributed by atoms with Crippen molar-refractivity contribution >= 4 is 29.6 Å². The fourth-order valence-electron chi connectivity index (χ4n) is 2.94. The van der Waals surface area contributed by atoms with E-state index < -0.39 is 6.09 Å². The largest absolute Gasteiger partial charge is 0.449 e. The maximum atomic E-state index is 11.9. The molecule has 1 N–H and O–H groups in total. The van der Waals surface area contributed by atoms with Crippen LogP contribution in [0.1, 0.15) is 22.3 Å². The molecule has 0 fully saturated rings. The van der Waals surface area contributed by atoms with Gasteiger partial charge in [0, 0.05) is 19.5 Å². The number of carbonyl (C=O) groups excluding carboxylic acids is 1. The average Bonchev–Trinajstić information content (AvgIpc) is 2.99. The predicted molar refractivity (Wildman–Crippen MR) is 107 cm³/mol. The fraction of sp³-hybridized carbons (Fsp3) is 0.500. The number of hydrogen-bond donors (Lipinski definition) is 1. The minimum atomic E-state index is -0.392. The third-order valence-corrected chi connectivity index (χ3v) is 5.41. The summed E-state index contributed by atoms with van der Waals surface area (Å²) in [4.78, 5) is 11.9. The summed E-state index contributed by atoms with van der Waals surface area (Å²) in [6.45, 7) is 7.75. The van der Waals surface area contributed by atoms with Gasteiger partial charge in [-0.15, -0.1) is 10.2 Å². The van der Waals surface area contributed by atoms with Crippen molar-refractivity contribution in [2.45, 2.75) is 44.0 Å². The van der Waals surface area contributed by atoms with E-state index in [2.05, 4.69) is 48.4 Å². The molecule has 0 atom stereocenters. The van der Waals surface area contributed by atoms with Crippen molar-refractivity contribution < 1.29 is 9.53 Å². The topological polar surface area (TPSA) is 69.0 Å². The fourth-order valence-corrected chi connectivity index (χ4v) is 4.04. The zero-order valence-corrected chi connectivity index (χ0v) is 17.6. The second kappa shape index (κ2) is 9.87. The third kappa shape index (κ3) is 5.41. The van der Waals surface area contributed by atoms with Gasteiger partial charge in [0.05, 0.1) is 6.61 Å². The van der Waals surface area contributed by atoms with Gasteiger partial charge < -0.3 is 10.1 Å². The van der Waals surface area contributed by atoms with Crippen LogP contribution in [-0.4, -0.2) is 46.5 Å². The molecular weight excluding hydrogens is 368 g/mol. The van der Waals surface area contributed by atoms with Gasteiger partial charge in [-0.05, 0) is 50.0 Å². The van der Waals surface area contributed by atoms with Gasteiger partial charge in [0.25, 0.3) is 0 Å². The number of rotatable bonds is 8. The number of nitrogens with zero attached hydrogens (tertiary/aromatic N) is 3. The average molecular weight is 395 g/mol. The van der Waals surface area contributed by atoms with Gasteiger partial charge in [-0.2, -0.15) is 0 Å². The maximum Gasteiger partial charge on any atom is 0.407 e. The Morgan fingerprint density at radius 2 is 1.69 bits per heavy atom. The Bertz CT molecular complexity index is 717. The lowest BCUT2D eigenvalue weighted by Gasteiger charge is -2.12. The Morgan fingerprint density at radius 3 is 2.23 bits per heavy atom. The molecule has 1 heterocycles. The molecule has 0 aliphatic carbocycles. The van der Waals surface area contributed by atoms with Crippen molar-refractivity contribution in [1.29, 1.82) is 0 Å².